The van der Waals surface area contributed by atoms with E-state index in [1.807, 2.05) is 0 Å². The highest BCUT2D eigenvalue weighted by atomic mass is 32.2. The van der Waals surface area contributed by atoms with Crippen LogP contribution in [0.3, 0.4) is 0 Å². The molecule has 0 radical (unpaired) electrons. The van der Waals surface area contributed by atoms with Gasteiger partial charge in [-0.3, -0.25) is 0 Å². The molecule has 0 spiro atoms. The summed E-state index contributed by atoms with van der Waals surface area (Å²) in [4.78, 5) is 0. The summed E-state index contributed by atoms with van der Waals surface area (Å²) in [5, 5.41) is 17.8. The van der Waals surface area contributed by atoms with Crippen LogP contribution in [-0.2, 0) is 11.8 Å². The first-order valence-electron chi connectivity index (χ1n) is 2.78. The van der Waals surface area contributed by atoms with Crippen LogP contribution in [0, 0.1) is 0 Å². The summed E-state index contributed by atoms with van der Waals surface area (Å²) in [5.74, 6) is 0.852. The van der Waals surface area contributed by atoms with Gasteiger partial charge in [0.2, 0.25) is 0 Å². The van der Waals surface area contributed by atoms with Crippen molar-refractivity contribution < 1.29 is 10.2 Å². The molecule has 8 heavy (non-hydrogen) atoms. The average molecular weight is 135 g/mol. The van der Waals surface area contributed by atoms with Gasteiger partial charge in [-0.05, 0) is 11.8 Å². The lowest BCUT2D eigenvalue weighted by Gasteiger charge is -1.93. The molecule has 1 aliphatic rings. The van der Waals surface area contributed by atoms with Gasteiger partial charge in [-0.25, -0.2) is 0 Å². The van der Waals surface area contributed by atoms with Crippen LogP contribution < -0.4 is 0 Å². The van der Waals surface area contributed by atoms with Gasteiger partial charge in [-0.15, -0.1) is 0 Å². The van der Waals surface area contributed by atoms with Crippen molar-refractivity contribution in [3.05, 3.63) is 0 Å². The number of hydrogen-bond donors (Lipinski definition) is 2. The minimum atomic E-state index is -0.145. The Morgan fingerprint density at radius 1 is 1.62 bits per heavy atom. The Morgan fingerprint density at radius 2 is 2.38 bits per heavy atom. The summed E-state index contributed by atoms with van der Waals surface area (Å²) in [5.41, 5.74) is 0. The molecule has 1 fully saturated rings. The van der Waals surface area contributed by atoms with E-state index in [1.165, 1.54) is 11.8 Å². The second-order valence-electron chi connectivity index (χ2n) is 2.09. The lowest BCUT2D eigenvalue weighted by molar-refractivity contribution is 0.184. The van der Waals surface area contributed by atoms with Crippen molar-refractivity contribution in [2.24, 2.45) is 0 Å². The van der Waals surface area contributed by atoms with Gasteiger partial charge < -0.3 is 10.2 Å². The van der Waals surface area contributed by atoms with Gasteiger partial charge >= 0.3 is 0 Å². The van der Waals surface area contributed by atoms with Crippen molar-refractivity contribution in [3.63, 3.8) is 0 Å². The third-order valence-electron chi connectivity index (χ3n) is 1.33. The van der Waals surface area contributed by atoms with Gasteiger partial charge in [0.15, 0.2) is 0 Å². The van der Waals surface area contributed by atoms with E-state index in [2.05, 4.69) is 0 Å². The summed E-state index contributed by atoms with van der Waals surface area (Å²) >= 11 is 1.22. The highest BCUT2D eigenvalue weighted by molar-refractivity contribution is 7.79. The van der Waals surface area contributed by atoms with Gasteiger partial charge in [0, 0.05) is 6.42 Å². The topological polar surface area (TPSA) is 40.5 Å². The Balaban J connectivity index is 2.22. The third-order valence-corrected chi connectivity index (χ3v) is 2.85. The van der Waals surface area contributed by atoms with Gasteiger partial charge in [0.25, 0.3) is 0 Å². The normalized spacial score (nSPS) is 38.2. The van der Waals surface area contributed by atoms with Crippen molar-refractivity contribution in [1.29, 1.82) is 0 Å². The Kier molecular flexibility index (Phi) is 2.16. The van der Waals surface area contributed by atoms with E-state index in [0.717, 1.165) is 12.2 Å². The fraction of sp³-hybridized carbons (Fsp3) is 1.00. The van der Waals surface area contributed by atoms with Gasteiger partial charge in [0.05, 0.1) is 6.61 Å². The molecule has 0 aliphatic carbocycles. The molecule has 0 aromatic rings. The molecule has 48 valence electrons. The lowest BCUT2D eigenvalue weighted by Crippen LogP contribution is -2.10. The highest BCUT2D eigenvalue weighted by Gasteiger charge is 2.29. The molecular weight excluding hydrogens is 124 g/mol. The minimum absolute atomic E-state index is 0.145. The van der Waals surface area contributed by atoms with Crippen LogP contribution in [0.5, 0.6) is 0 Å². The van der Waals surface area contributed by atoms with Gasteiger partial charge in [-0.1, -0.05) is 0 Å². The zero-order chi connectivity index (χ0) is 5.98. The van der Waals surface area contributed by atoms with Gasteiger partial charge in [0.1, 0.15) is 17.1 Å². The summed E-state index contributed by atoms with van der Waals surface area (Å²) in [7, 11) is 0. The number of hydrogen-bond acceptors (Lipinski definition) is 2. The molecule has 1 saturated heterocycles. The molecule has 1 rings (SSSR count). The zero-order valence-corrected chi connectivity index (χ0v) is 5.51. The highest BCUT2D eigenvalue weighted by Crippen LogP contribution is 2.12. The molecule has 2 atom stereocenters. The Labute approximate surface area is 52.9 Å². The van der Waals surface area contributed by atoms with Crippen LogP contribution in [0.4, 0.5) is 0 Å². The van der Waals surface area contributed by atoms with E-state index < -0.39 is 0 Å². The van der Waals surface area contributed by atoms with E-state index in [0.29, 0.717) is 5.25 Å². The first-order valence-corrected chi connectivity index (χ1v) is 3.93. The van der Waals surface area contributed by atoms with E-state index in [-0.39, 0.29) is 12.7 Å². The van der Waals surface area contributed by atoms with Crippen LogP contribution >= 0.6 is 0 Å². The van der Waals surface area contributed by atoms with Crippen molar-refractivity contribution in [2.75, 3.05) is 12.4 Å². The Morgan fingerprint density at radius 3 is 2.62 bits per heavy atom. The maximum absolute atomic E-state index is 8.91. The lowest BCUT2D eigenvalue weighted by atomic mass is 10.2. The van der Waals surface area contributed by atoms with E-state index >= 15 is 0 Å². The zero-order valence-electron chi connectivity index (χ0n) is 4.62. The maximum Gasteiger partial charge on any atom is 0.141 e. The maximum atomic E-state index is 8.91. The second-order valence-corrected chi connectivity index (χ2v) is 3.55. The molecule has 2 N–H and O–H groups in total. The molecule has 0 saturated carbocycles. The molecule has 3 heteroatoms. The number of aliphatic hydroxyl groups is 2. The molecule has 1 aliphatic heterocycles. The van der Waals surface area contributed by atoms with Crippen molar-refractivity contribution in [3.8, 4) is 0 Å². The smallest absolute Gasteiger partial charge is 0.141 e. The molecule has 0 aromatic heterocycles. The first-order chi connectivity index (χ1) is 3.83. The number of thiol groups is 1. The minimum Gasteiger partial charge on any atom is -0.391 e. The molecule has 1 unspecified atom stereocenters. The van der Waals surface area contributed by atoms with Gasteiger partial charge in [-0.2, -0.15) is 0 Å². The predicted molar refractivity (Wildman–Crippen MR) is 35.1 cm³/mol. The Hall–Kier alpha value is 0.270. The van der Waals surface area contributed by atoms with E-state index in [1.54, 1.807) is 0 Å². The third kappa shape index (κ3) is 1.37. The molecular formula is C5H11O2S+. The van der Waals surface area contributed by atoms with Crippen LogP contribution in [0.15, 0.2) is 0 Å². The summed E-state index contributed by atoms with van der Waals surface area (Å²) in [6.45, 7) is 0.235. The molecule has 0 aromatic carbocycles. The second kappa shape index (κ2) is 2.71. The fourth-order valence-corrected chi connectivity index (χ4v) is 2.06. The predicted octanol–water partition coefficient (Wildman–Crippen LogP) is -1.07. The molecule has 0 amide bonds. The van der Waals surface area contributed by atoms with Crippen molar-refractivity contribution in [1.82, 2.24) is 0 Å². The SMILES string of the molecule is OCC1C[C@H](O)C[SH+]1. The number of aliphatic hydroxyl groups excluding tert-OH is 2. The van der Waals surface area contributed by atoms with Crippen molar-refractivity contribution in [2.45, 2.75) is 17.8 Å². The van der Waals surface area contributed by atoms with Crippen molar-refractivity contribution >= 4 is 11.8 Å². The van der Waals surface area contributed by atoms with Crippen LogP contribution in [-0.4, -0.2) is 33.9 Å². The van der Waals surface area contributed by atoms with E-state index in [9.17, 15) is 0 Å². The fourth-order valence-electron chi connectivity index (χ4n) is 0.866. The molecule has 2 nitrogen and oxygen atoms in total. The average Bonchev–Trinajstić information content (AvgIpc) is 2.14. The first kappa shape index (κ1) is 6.39. The van der Waals surface area contributed by atoms with Crippen LogP contribution in [0.25, 0.3) is 0 Å². The standard InChI is InChI=1S/C5H10O2S/c6-2-5-1-4(7)3-8-5/h4-7H,1-3H2/p+1/t4-,5?/m0/s1. The quantitative estimate of drug-likeness (QED) is 0.355. The van der Waals surface area contributed by atoms with Crippen LogP contribution in [0.1, 0.15) is 6.42 Å². The monoisotopic (exact) mass is 135 g/mol. The van der Waals surface area contributed by atoms with Crippen LogP contribution in [0.2, 0.25) is 0 Å². The summed E-state index contributed by atoms with van der Waals surface area (Å²) < 4.78 is 0. The molecule has 1 heterocycles. The largest absolute Gasteiger partial charge is 0.391 e. The summed E-state index contributed by atoms with van der Waals surface area (Å²) in [6.07, 6.45) is 0.645. The molecule has 0 bridgehead atoms. The summed E-state index contributed by atoms with van der Waals surface area (Å²) in [6, 6.07) is 0. The number of rotatable bonds is 1. The Bertz CT molecular complexity index is 76.8. The van der Waals surface area contributed by atoms with E-state index in [4.69, 9.17) is 10.2 Å².